The molecule has 0 unspecified atom stereocenters. The monoisotopic (exact) mass is 370 g/mol. The molecule has 0 aliphatic rings. The third kappa shape index (κ3) is 3.40. The van der Waals surface area contributed by atoms with Crippen molar-refractivity contribution in [3.63, 3.8) is 0 Å². The van der Waals surface area contributed by atoms with E-state index in [9.17, 15) is 0 Å². The van der Waals surface area contributed by atoms with Gasteiger partial charge in [-0.1, -0.05) is 68.3 Å². The number of ether oxygens (including phenoxy) is 1. The van der Waals surface area contributed by atoms with Gasteiger partial charge in [0.15, 0.2) is 0 Å². The number of fused-ring (bicyclic) bond motifs is 3. The lowest BCUT2D eigenvalue weighted by atomic mass is 10.0. The van der Waals surface area contributed by atoms with E-state index >= 15 is 0 Å². The molecule has 0 N–H and O–H groups in total. The Morgan fingerprint density at radius 3 is 2.43 bits per heavy atom. The smallest absolute Gasteiger partial charge is 0.127 e. The van der Waals surface area contributed by atoms with Gasteiger partial charge < -0.3 is 4.74 Å². The van der Waals surface area contributed by atoms with E-state index in [1.807, 2.05) is 6.07 Å². The topological polar surface area (TPSA) is 27.1 Å². The number of methoxy groups -OCH3 is 1. The molecule has 0 aliphatic carbocycles. The molecule has 0 amide bonds. The van der Waals surface area contributed by atoms with Crippen LogP contribution in [-0.2, 0) is 0 Å². The summed E-state index contributed by atoms with van der Waals surface area (Å²) in [6.07, 6.45) is 9.21. The molecule has 0 radical (unpaired) electrons. The van der Waals surface area contributed by atoms with E-state index in [2.05, 4.69) is 78.4 Å². The van der Waals surface area contributed by atoms with Crippen LogP contribution in [0, 0.1) is 0 Å². The van der Waals surface area contributed by atoms with Gasteiger partial charge in [-0.2, -0.15) is 5.10 Å². The van der Waals surface area contributed by atoms with E-state index in [1.165, 1.54) is 19.3 Å². The van der Waals surface area contributed by atoms with Crippen LogP contribution in [0.1, 0.15) is 38.3 Å². The van der Waals surface area contributed by atoms with Crippen molar-refractivity contribution in [1.29, 1.82) is 0 Å². The lowest BCUT2D eigenvalue weighted by Gasteiger charge is -2.09. The first-order valence-electron chi connectivity index (χ1n) is 10.0. The Labute approximate surface area is 166 Å². The highest BCUT2D eigenvalue weighted by Crippen LogP contribution is 2.36. The first-order valence-corrected chi connectivity index (χ1v) is 10.0. The van der Waals surface area contributed by atoms with E-state index in [0.29, 0.717) is 0 Å². The minimum absolute atomic E-state index is 0.886. The molecule has 3 aromatic carbocycles. The molecule has 1 heterocycles. The fraction of sp³-hybridized carbons (Fsp3) is 0.240. The Kier molecular flexibility index (Phi) is 5.43. The van der Waals surface area contributed by atoms with Gasteiger partial charge in [-0.15, -0.1) is 0 Å². The largest absolute Gasteiger partial charge is 0.496 e. The molecule has 4 aromatic rings. The average Bonchev–Trinajstić information content (AvgIpc) is 3.12. The van der Waals surface area contributed by atoms with E-state index in [0.717, 1.165) is 45.2 Å². The number of allylic oxidation sites excluding steroid dienone is 1. The summed E-state index contributed by atoms with van der Waals surface area (Å²) in [7, 11) is 1.73. The summed E-state index contributed by atoms with van der Waals surface area (Å²) in [6, 6.07) is 20.8. The van der Waals surface area contributed by atoms with Crippen LogP contribution in [0.25, 0.3) is 33.4 Å². The molecule has 3 nitrogen and oxygen atoms in total. The molecule has 4 rings (SSSR count). The number of nitrogens with zero attached hydrogens (tertiary/aromatic N) is 2. The van der Waals surface area contributed by atoms with Crippen molar-refractivity contribution in [3.05, 3.63) is 72.4 Å². The highest BCUT2D eigenvalue weighted by atomic mass is 16.5. The van der Waals surface area contributed by atoms with Crippen LogP contribution in [-0.4, -0.2) is 16.9 Å². The van der Waals surface area contributed by atoms with Gasteiger partial charge in [0.25, 0.3) is 0 Å². The van der Waals surface area contributed by atoms with E-state index in [-0.39, 0.29) is 0 Å². The first kappa shape index (κ1) is 18.3. The van der Waals surface area contributed by atoms with Crippen LogP contribution in [0.15, 0.2) is 66.7 Å². The lowest BCUT2D eigenvalue weighted by molar-refractivity contribution is 0.420. The fourth-order valence-electron chi connectivity index (χ4n) is 3.72. The van der Waals surface area contributed by atoms with Crippen molar-refractivity contribution >= 4 is 27.8 Å². The molecule has 1 aromatic heterocycles. The van der Waals surface area contributed by atoms with Gasteiger partial charge in [-0.3, -0.25) is 0 Å². The summed E-state index contributed by atoms with van der Waals surface area (Å²) in [5, 5.41) is 8.35. The van der Waals surface area contributed by atoms with Gasteiger partial charge in [0.2, 0.25) is 0 Å². The Bertz CT molecular complexity index is 1110. The maximum absolute atomic E-state index is 5.70. The third-order valence-corrected chi connectivity index (χ3v) is 5.14. The van der Waals surface area contributed by atoms with Crippen molar-refractivity contribution < 1.29 is 4.74 Å². The predicted octanol–water partition coefficient (Wildman–Crippen LogP) is 6.78. The standard InChI is InChI=1S/C25H26N2O/c1-3-4-5-6-10-17-23-22-18-24(28-2)20-15-11-12-16-21(20)25(22)27(26-23)19-13-8-7-9-14-19/h7-18H,3-6H2,1-2H3. The van der Waals surface area contributed by atoms with Gasteiger partial charge in [-0.05, 0) is 37.1 Å². The van der Waals surface area contributed by atoms with Crippen LogP contribution in [0.2, 0.25) is 0 Å². The number of para-hydroxylation sites is 1. The van der Waals surface area contributed by atoms with Crippen molar-refractivity contribution in [2.45, 2.75) is 32.6 Å². The normalized spacial score (nSPS) is 11.6. The van der Waals surface area contributed by atoms with Crippen LogP contribution < -0.4 is 4.74 Å². The number of benzene rings is 3. The molecule has 142 valence electrons. The summed E-state index contributed by atoms with van der Waals surface area (Å²) in [5.41, 5.74) is 3.17. The zero-order valence-corrected chi connectivity index (χ0v) is 16.6. The number of hydrogen-bond donors (Lipinski definition) is 0. The predicted molar refractivity (Wildman–Crippen MR) is 118 cm³/mol. The van der Waals surface area contributed by atoms with Crippen molar-refractivity contribution in [3.8, 4) is 11.4 Å². The third-order valence-electron chi connectivity index (χ3n) is 5.14. The van der Waals surface area contributed by atoms with E-state index in [4.69, 9.17) is 9.84 Å². The number of rotatable bonds is 7. The van der Waals surface area contributed by atoms with E-state index < -0.39 is 0 Å². The van der Waals surface area contributed by atoms with Crippen molar-refractivity contribution in [2.75, 3.05) is 7.11 Å². The summed E-state index contributed by atoms with van der Waals surface area (Å²) in [4.78, 5) is 0. The second-order valence-electron chi connectivity index (χ2n) is 7.05. The summed E-state index contributed by atoms with van der Waals surface area (Å²) < 4.78 is 7.76. The van der Waals surface area contributed by atoms with E-state index in [1.54, 1.807) is 7.11 Å². The summed E-state index contributed by atoms with van der Waals surface area (Å²) in [5.74, 6) is 0.886. The van der Waals surface area contributed by atoms with Crippen molar-refractivity contribution in [1.82, 2.24) is 9.78 Å². The molecule has 3 heteroatoms. The van der Waals surface area contributed by atoms with Gasteiger partial charge in [0, 0.05) is 16.2 Å². The molecule has 0 saturated heterocycles. The highest BCUT2D eigenvalue weighted by molar-refractivity contribution is 6.11. The molecule has 28 heavy (non-hydrogen) atoms. The zero-order chi connectivity index (χ0) is 19.3. The van der Waals surface area contributed by atoms with Gasteiger partial charge in [-0.25, -0.2) is 4.68 Å². The maximum atomic E-state index is 5.70. The van der Waals surface area contributed by atoms with Crippen LogP contribution in [0.4, 0.5) is 0 Å². The number of unbranched alkanes of at least 4 members (excludes halogenated alkanes) is 3. The quantitative estimate of drug-likeness (QED) is 0.335. The zero-order valence-electron chi connectivity index (χ0n) is 16.6. The molecule has 0 fully saturated rings. The van der Waals surface area contributed by atoms with Gasteiger partial charge in [0.1, 0.15) is 5.75 Å². The minimum atomic E-state index is 0.886. The number of hydrogen-bond acceptors (Lipinski definition) is 2. The molecule has 0 bridgehead atoms. The van der Waals surface area contributed by atoms with Crippen LogP contribution in [0.5, 0.6) is 5.75 Å². The van der Waals surface area contributed by atoms with Crippen LogP contribution >= 0.6 is 0 Å². The fourth-order valence-corrected chi connectivity index (χ4v) is 3.72. The molecule has 0 saturated carbocycles. The summed E-state index contributed by atoms with van der Waals surface area (Å²) >= 11 is 0. The first-order chi connectivity index (χ1) is 13.8. The molecule has 0 atom stereocenters. The molecular weight excluding hydrogens is 344 g/mol. The Morgan fingerprint density at radius 1 is 0.929 bits per heavy atom. The lowest BCUT2D eigenvalue weighted by Crippen LogP contribution is -1.96. The maximum Gasteiger partial charge on any atom is 0.127 e. The second-order valence-corrected chi connectivity index (χ2v) is 7.05. The van der Waals surface area contributed by atoms with Gasteiger partial charge >= 0.3 is 0 Å². The van der Waals surface area contributed by atoms with Crippen LogP contribution in [0.3, 0.4) is 0 Å². The Balaban J connectivity index is 1.94. The molecule has 0 spiro atoms. The number of aromatic nitrogens is 2. The highest BCUT2D eigenvalue weighted by Gasteiger charge is 2.16. The Morgan fingerprint density at radius 2 is 1.68 bits per heavy atom. The van der Waals surface area contributed by atoms with Crippen molar-refractivity contribution in [2.24, 2.45) is 0 Å². The van der Waals surface area contributed by atoms with Gasteiger partial charge in [0.05, 0.1) is 24.0 Å². The Hall–Kier alpha value is -3.07. The summed E-state index contributed by atoms with van der Waals surface area (Å²) in [6.45, 7) is 2.23. The average molecular weight is 370 g/mol. The molecule has 0 aliphatic heterocycles. The molecular formula is C25H26N2O. The minimum Gasteiger partial charge on any atom is -0.496 e. The second kappa shape index (κ2) is 8.30. The SMILES string of the molecule is CCCCCC=Cc1nn(-c2ccccc2)c2c1cc(OC)c1ccccc12.